The van der Waals surface area contributed by atoms with E-state index in [1.54, 1.807) is 0 Å². The number of rotatable bonds is 6. The molecule has 208 valence electrons. The van der Waals surface area contributed by atoms with E-state index in [1.807, 2.05) is 5.32 Å². The minimum Gasteiger partial charge on any atom is -0.312 e. The van der Waals surface area contributed by atoms with Crippen molar-refractivity contribution in [3.05, 3.63) is 63.6 Å². The standard InChI is InChI=1S/C23H20F3N9O5/c1-11(19(38)32-15-6-4-5-14(31-15)13-7-27-21(28-8-13)23(24,25)26)35-10-29-18-17(35)20(39)34(22(40)33(18)3)9-16(37)30-12(2)36/h4-8,10-11H,9H2,1-3H3,(H,30,36,37)(H,31,32,38)/t11-/m0/s1. The van der Waals surface area contributed by atoms with Gasteiger partial charge in [0.05, 0.1) is 12.0 Å². The molecule has 0 saturated heterocycles. The second-order valence-corrected chi connectivity index (χ2v) is 8.53. The van der Waals surface area contributed by atoms with Crippen LogP contribution in [-0.2, 0) is 34.2 Å². The molecule has 1 atom stereocenters. The van der Waals surface area contributed by atoms with E-state index in [-0.39, 0.29) is 28.2 Å². The van der Waals surface area contributed by atoms with Crippen molar-refractivity contribution in [2.24, 2.45) is 7.05 Å². The lowest BCUT2D eigenvalue weighted by Gasteiger charge is -2.15. The third-order valence-electron chi connectivity index (χ3n) is 5.67. The first-order chi connectivity index (χ1) is 18.8. The zero-order valence-corrected chi connectivity index (χ0v) is 21.1. The lowest BCUT2D eigenvalue weighted by molar-refractivity contribution is -0.145. The van der Waals surface area contributed by atoms with Gasteiger partial charge in [-0.2, -0.15) is 13.2 Å². The van der Waals surface area contributed by atoms with Crippen molar-refractivity contribution >= 4 is 34.7 Å². The summed E-state index contributed by atoms with van der Waals surface area (Å²) in [5.74, 6) is -3.47. The Labute approximate surface area is 221 Å². The van der Waals surface area contributed by atoms with Crippen molar-refractivity contribution in [2.45, 2.75) is 32.6 Å². The highest BCUT2D eigenvalue weighted by Gasteiger charge is 2.34. The number of anilines is 1. The second-order valence-electron chi connectivity index (χ2n) is 8.53. The van der Waals surface area contributed by atoms with Gasteiger partial charge < -0.3 is 9.88 Å². The van der Waals surface area contributed by atoms with Gasteiger partial charge in [-0.3, -0.25) is 29.1 Å². The number of nitrogens with one attached hydrogen (secondary N) is 2. The number of pyridine rings is 1. The van der Waals surface area contributed by atoms with Gasteiger partial charge >= 0.3 is 11.9 Å². The number of fused-ring (bicyclic) bond motifs is 1. The van der Waals surface area contributed by atoms with Gasteiger partial charge in [-0.25, -0.2) is 29.3 Å². The number of nitrogens with zero attached hydrogens (tertiary/aromatic N) is 7. The first kappa shape index (κ1) is 27.8. The van der Waals surface area contributed by atoms with Gasteiger partial charge in [0, 0.05) is 31.9 Å². The van der Waals surface area contributed by atoms with E-state index < -0.39 is 53.6 Å². The number of carbonyl (C=O) groups is 3. The molecular formula is C23H20F3N9O5. The number of imidazole rings is 1. The average molecular weight is 559 g/mol. The number of carbonyl (C=O) groups excluding carboxylic acids is 3. The van der Waals surface area contributed by atoms with Crippen LogP contribution in [0.5, 0.6) is 0 Å². The van der Waals surface area contributed by atoms with Crippen LogP contribution >= 0.6 is 0 Å². The van der Waals surface area contributed by atoms with Crippen molar-refractivity contribution in [3.8, 4) is 11.3 Å². The Bertz CT molecular complexity index is 1760. The summed E-state index contributed by atoms with van der Waals surface area (Å²) in [5.41, 5.74) is -1.59. The molecule has 40 heavy (non-hydrogen) atoms. The number of alkyl halides is 3. The van der Waals surface area contributed by atoms with Gasteiger partial charge in [0.1, 0.15) is 18.4 Å². The van der Waals surface area contributed by atoms with Crippen LogP contribution in [0.2, 0.25) is 0 Å². The van der Waals surface area contributed by atoms with Crippen molar-refractivity contribution in [3.63, 3.8) is 0 Å². The Hall–Kier alpha value is -5.22. The highest BCUT2D eigenvalue weighted by molar-refractivity contribution is 5.94. The second kappa shape index (κ2) is 10.5. The van der Waals surface area contributed by atoms with Crippen molar-refractivity contribution < 1.29 is 27.6 Å². The Morgan fingerprint density at radius 2 is 1.75 bits per heavy atom. The first-order valence-corrected chi connectivity index (χ1v) is 11.4. The summed E-state index contributed by atoms with van der Waals surface area (Å²) in [6.45, 7) is 1.80. The fraction of sp³-hybridized carbons (Fsp3) is 0.261. The van der Waals surface area contributed by atoms with Crippen LogP contribution in [0.3, 0.4) is 0 Å². The molecule has 3 amide bonds. The molecule has 2 N–H and O–H groups in total. The summed E-state index contributed by atoms with van der Waals surface area (Å²) < 4.78 is 41.1. The third-order valence-corrected chi connectivity index (χ3v) is 5.67. The van der Waals surface area contributed by atoms with Gasteiger partial charge in [-0.05, 0) is 19.1 Å². The molecule has 0 aliphatic rings. The van der Waals surface area contributed by atoms with Gasteiger partial charge in [-0.1, -0.05) is 6.07 Å². The Morgan fingerprint density at radius 1 is 1.07 bits per heavy atom. The lowest BCUT2D eigenvalue weighted by Crippen LogP contribution is -2.44. The molecule has 0 bridgehead atoms. The minimum absolute atomic E-state index is 0.0414. The minimum atomic E-state index is -4.70. The first-order valence-electron chi connectivity index (χ1n) is 11.4. The topological polar surface area (TPSA) is 176 Å². The summed E-state index contributed by atoms with van der Waals surface area (Å²) in [4.78, 5) is 77.0. The molecule has 4 aromatic rings. The molecule has 17 heteroatoms. The molecule has 0 radical (unpaired) electrons. The molecule has 0 spiro atoms. The van der Waals surface area contributed by atoms with E-state index >= 15 is 0 Å². The van der Waals surface area contributed by atoms with Gasteiger partial charge in [-0.15, -0.1) is 0 Å². The Kier molecular flexibility index (Phi) is 7.30. The van der Waals surface area contributed by atoms with E-state index in [9.17, 15) is 37.1 Å². The zero-order chi connectivity index (χ0) is 29.4. The van der Waals surface area contributed by atoms with Crippen LogP contribution in [0.15, 0.2) is 46.5 Å². The SMILES string of the molecule is CC(=O)NC(=O)Cn1c(=O)c2c(ncn2[C@@H](C)C(=O)Nc2cccc(-c3cnc(C(F)(F)F)nc3)n2)n(C)c1=O. The van der Waals surface area contributed by atoms with E-state index in [0.717, 1.165) is 23.9 Å². The maximum Gasteiger partial charge on any atom is 0.451 e. The summed E-state index contributed by atoms with van der Waals surface area (Å²) >= 11 is 0. The van der Waals surface area contributed by atoms with Gasteiger partial charge in [0.2, 0.25) is 23.5 Å². The highest BCUT2D eigenvalue weighted by Crippen LogP contribution is 2.27. The maximum absolute atomic E-state index is 13.2. The lowest BCUT2D eigenvalue weighted by atomic mass is 10.2. The molecule has 0 saturated carbocycles. The number of halogens is 3. The number of aryl methyl sites for hydroxylation is 1. The van der Waals surface area contributed by atoms with Crippen LogP contribution < -0.4 is 21.9 Å². The number of imide groups is 1. The van der Waals surface area contributed by atoms with Crippen molar-refractivity contribution in [1.82, 2.24) is 39.0 Å². The zero-order valence-electron chi connectivity index (χ0n) is 21.1. The monoisotopic (exact) mass is 559 g/mol. The predicted octanol–water partition coefficient (Wildman–Crippen LogP) is 0.630. The van der Waals surface area contributed by atoms with E-state index in [2.05, 4.69) is 25.3 Å². The van der Waals surface area contributed by atoms with E-state index in [1.165, 1.54) is 43.1 Å². The summed E-state index contributed by atoms with van der Waals surface area (Å²) in [6.07, 6.45) is -1.61. The molecule has 4 heterocycles. The highest BCUT2D eigenvalue weighted by atomic mass is 19.4. The quantitative estimate of drug-likeness (QED) is 0.343. The largest absolute Gasteiger partial charge is 0.451 e. The number of amides is 3. The maximum atomic E-state index is 13.2. The number of hydrogen-bond donors (Lipinski definition) is 2. The number of hydrogen-bond acceptors (Lipinski definition) is 9. The Balaban J connectivity index is 1.62. The molecule has 0 aliphatic heterocycles. The molecule has 14 nitrogen and oxygen atoms in total. The molecule has 4 rings (SSSR count). The summed E-state index contributed by atoms with van der Waals surface area (Å²) in [5, 5.41) is 4.53. The smallest absolute Gasteiger partial charge is 0.312 e. The fourth-order valence-electron chi connectivity index (χ4n) is 3.73. The molecule has 0 fully saturated rings. The van der Waals surface area contributed by atoms with Crippen molar-refractivity contribution in [2.75, 3.05) is 5.32 Å². The molecule has 0 aromatic carbocycles. The van der Waals surface area contributed by atoms with E-state index in [0.29, 0.717) is 4.57 Å². The number of aromatic nitrogens is 7. The van der Waals surface area contributed by atoms with Crippen LogP contribution in [0.25, 0.3) is 22.4 Å². The molecule has 4 aromatic heterocycles. The van der Waals surface area contributed by atoms with E-state index in [4.69, 9.17) is 0 Å². The van der Waals surface area contributed by atoms with Crippen LogP contribution in [-0.4, -0.2) is 51.4 Å². The Morgan fingerprint density at radius 3 is 2.38 bits per heavy atom. The van der Waals surface area contributed by atoms with Crippen molar-refractivity contribution in [1.29, 1.82) is 0 Å². The van der Waals surface area contributed by atoms with Gasteiger partial charge in [0.25, 0.3) is 5.56 Å². The fourth-order valence-corrected chi connectivity index (χ4v) is 3.73. The summed E-state index contributed by atoms with van der Waals surface area (Å²) in [6, 6.07) is 3.36. The third kappa shape index (κ3) is 5.47. The van der Waals surface area contributed by atoms with Crippen LogP contribution in [0.1, 0.15) is 25.7 Å². The summed E-state index contributed by atoms with van der Waals surface area (Å²) in [7, 11) is 1.33. The molecular weight excluding hydrogens is 539 g/mol. The normalized spacial score (nSPS) is 12.2. The molecule has 0 aliphatic carbocycles. The average Bonchev–Trinajstić information content (AvgIpc) is 3.34. The van der Waals surface area contributed by atoms with Crippen LogP contribution in [0, 0.1) is 0 Å². The predicted molar refractivity (Wildman–Crippen MR) is 132 cm³/mol. The molecule has 0 unspecified atom stereocenters. The van der Waals surface area contributed by atoms with Gasteiger partial charge in [0.15, 0.2) is 11.2 Å². The van der Waals surface area contributed by atoms with Crippen LogP contribution in [0.4, 0.5) is 19.0 Å².